The van der Waals surface area contributed by atoms with E-state index >= 15 is 0 Å². The molecule has 3 rings (SSSR count). The van der Waals surface area contributed by atoms with Crippen LogP contribution in [0.2, 0.25) is 0 Å². The molecule has 0 saturated carbocycles. The number of rotatable bonds is 7. The number of fused-ring (bicyclic) bond motifs is 1. The van der Waals surface area contributed by atoms with Crippen LogP contribution < -0.4 is 10.9 Å². The topological polar surface area (TPSA) is 70.1 Å². The lowest BCUT2D eigenvalue weighted by atomic mass is 10.1. The van der Waals surface area contributed by atoms with E-state index in [0.717, 1.165) is 19.5 Å². The highest BCUT2D eigenvalue weighted by Gasteiger charge is 2.21. The predicted molar refractivity (Wildman–Crippen MR) is 111 cm³/mol. The number of allylic oxidation sites excluding steroid dienone is 1. The van der Waals surface area contributed by atoms with Crippen molar-refractivity contribution < 1.29 is 4.79 Å². The summed E-state index contributed by atoms with van der Waals surface area (Å²) in [4.78, 5) is 30.6. The van der Waals surface area contributed by atoms with Crippen molar-refractivity contribution in [1.29, 1.82) is 0 Å². The number of benzene rings is 1. The summed E-state index contributed by atoms with van der Waals surface area (Å²) in [6, 6.07) is 5.42. The van der Waals surface area contributed by atoms with Gasteiger partial charge in [0.15, 0.2) is 4.77 Å². The molecule has 1 saturated heterocycles. The fourth-order valence-corrected chi connectivity index (χ4v) is 3.91. The minimum atomic E-state index is -0.180. The molecule has 0 spiro atoms. The number of aromatic amines is 1. The Bertz CT molecular complexity index is 957. The maximum absolute atomic E-state index is 12.6. The summed E-state index contributed by atoms with van der Waals surface area (Å²) >= 11 is 5.26. The summed E-state index contributed by atoms with van der Waals surface area (Å²) in [5.74, 6) is -0.135. The Morgan fingerprint density at radius 1 is 1.41 bits per heavy atom. The molecule has 2 heterocycles. The van der Waals surface area contributed by atoms with Gasteiger partial charge < -0.3 is 10.3 Å². The first-order valence-corrected chi connectivity index (χ1v) is 9.86. The molecule has 1 aromatic heterocycles. The molecule has 0 bridgehead atoms. The molecule has 1 fully saturated rings. The van der Waals surface area contributed by atoms with Gasteiger partial charge in [-0.1, -0.05) is 13.0 Å². The third-order valence-electron chi connectivity index (χ3n) is 5.18. The first kappa shape index (κ1) is 19.5. The fraction of sp³-hybridized carbons (Fsp3) is 0.450. The summed E-state index contributed by atoms with van der Waals surface area (Å²) in [6.07, 6.45) is 5.10. The summed E-state index contributed by atoms with van der Waals surface area (Å²) in [5.41, 5.74) is 0.913. The molecule has 1 aliphatic heterocycles. The maximum atomic E-state index is 12.6. The highest BCUT2D eigenvalue weighted by Crippen LogP contribution is 2.14. The van der Waals surface area contributed by atoms with Crippen LogP contribution >= 0.6 is 12.2 Å². The second-order valence-corrected chi connectivity index (χ2v) is 7.30. The van der Waals surface area contributed by atoms with Gasteiger partial charge in [-0.25, -0.2) is 0 Å². The van der Waals surface area contributed by atoms with E-state index in [1.807, 2.05) is 0 Å². The number of nitrogens with one attached hydrogen (secondary N) is 2. The van der Waals surface area contributed by atoms with Crippen molar-refractivity contribution in [2.45, 2.75) is 38.8 Å². The second-order valence-electron chi connectivity index (χ2n) is 6.91. The van der Waals surface area contributed by atoms with E-state index in [9.17, 15) is 9.59 Å². The molecule has 1 atom stereocenters. The Morgan fingerprint density at radius 3 is 2.81 bits per heavy atom. The number of aromatic nitrogens is 2. The summed E-state index contributed by atoms with van der Waals surface area (Å²) in [7, 11) is 0. The highest BCUT2D eigenvalue weighted by molar-refractivity contribution is 7.71. The number of likely N-dealkylation sites (tertiary alicyclic amines) is 1. The largest absolute Gasteiger partial charge is 0.350 e. The average Bonchev–Trinajstić information content (AvgIpc) is 3.19. The van der Waals surface area contributed by atoms with Crippen LogP contribution in [0.25, 0.3) is 10.9 Å². The number of carbonyl (C=O) groups is 1. The van der Waals surface area contributed by atoms with Crippen LogP contribution in [0.5, 0.6) is 0 Å². The molecule has 0 radical (unpaired) electrons. The van der Waals surface area contributed by atoms with Crippen molar-refractivity contribution in [3.8, 4) is 0 Å². The van der Waals surface area contributed by atoms with E-state index in [2.05, 4.69) is 28.7 Å². The third kappa shape index (κ3) is 4.20. The van der Waals surface area contributed by atoms with E-state index < -0.39 is 0 Å². The van der Waals surface area contributed by atoms with Crippen LogP contribution in [0.1, 0.15) is 36.5 Å². The molecule has 6 nitrogen and oxygen atoms in total. The van der Waals surface area contributed by atoms with Crippen LogP contribution in [-0.4, -0.2) is 46.0 Å². The minimum Gasteiger partial charge on any atom is -0.350 e. The monoisotopic (exact) mass is 386 g/mol. The van der Waals surface area contributed by atoms with Gasteiger partial charge in [0.05, 0.1) is 10.9 Å². The van der Waals surface area contributed by atoms with E-state index in [1.165, 1.54) is 17.4 Å². The molecular formula is C20H26N4O2S. The van der Waals surface area contributed by atoms with Gasteiger partial charge in [-0.3, -0.25) is 19.1 Å². The van der Waals surface area contributed by atoms with E-state index in [0.29, 0.717) is 40.4 Å². The van der Waals surface area contributed by atoms with Crippen molar-refractivity contribution in [1.82, 2.24) is 19.8 Å². The first-order chi connectivity index (χ1) is 13.0. The normalized spacial score (nSPS) is 15.7. The fourth-order valence-electron chi connectivity index (χ4n) is 3.64. The van der Waals surface area contributed by atoms with Gasteiger partial charge in [-0.2, -0.15) is 0 Å². The Labute approximate surface area is 163 Å². The molecule has 7 heteroatoms. The van der Waals surface area contributed by atoms with Crippen LogP contribution in [0.3, 0.4) is 0 Å². The Hall–Kier alpha value is -2.25. The lowest BCUT2D eigenvalue weighted by Crippen LogP contribution is -2.42. The van der Waals surface area contributed by atoms with Gasteiger partial charge in [0, 0.05) is 24.7 Å². The Kier molecular flexibility index (Phi) is 6.23. The van der Waals surface area contributed by atoms with Crippen molar-refractivity contribution in [3.05, 3.63) is 51.5 Å². The summed E-state index contributed by atoms with van der Waals surface area (Å²) in [5, 5.41) is 3.54. The Balaban J connectivity index is 1.79. The molecular weight excluding hydrogens is 360 g/mol. The quantitative estimate of drug-likeness (QED) is 0.567. The molecule has 144 valence electrons. The SMILES string of the molecule is C=CCn1c(=S)[nH]c2cc(C(=O)NCC(CC)N3CCCC3)ccc2c1=O. The number of hydrogen-bond acceptors (Lipinski definition) is 4. The standard InChI is InChI=1S/C20H26N4O2S/c1-3-9-24-19(26)16-8-7-14(12-17(16)22-20(24)27)18(25)21-13-15(4-2)23-10-5-6-11-23/h3,7-8,12,15H,1,4-6,9-11,13H2,2H3,(H,21,25)(H,22,27). The van der Waals surface area contributed by atoms with Gasteiger partial charge >= 0.3 is 0 Å². The molecule has 1 unspecified atom stereocenters. The molecule has 2 N–H and O–H groups in total. The molecule has 2 aromatic rings. The van der Waals surface area contributed by atoms with Gasteiger partial charge in [0.25, 0.3) is 11.5 Å². The number of amides is 1. The van der Waals surface area contributed by atoms with Crippen LogP contribution in [0.4, 0.5) is 0 Å². The van der Waals surface area contributed by atoms with Crippen molar-refractivity contribution >= 4 is 29.0 Å². The maximum Gasteiger partial charge on any atom is 0.262 e. The van der Waals surface area contributed by atoms with Crippen molar-refractivity contribution in [2.75, 3.05) is 19.6 Å². The number of nitrogens with zero attached hydrogens (tertiary/aromatic N) is 2. The predicted octanol–water partition coefficient (Wildman–Crippen LogP) is 2.85. The zero-order chi connectivity index (χ0) is 19.4. The van der Waals surface area contributed by atoms with Gasteiger partial charge in [0.1, 0.15) is 0 Å². The summed E-state index contributed by atoms with van der Waals surface area (Å²) < 4.78 is 1.77. The number of H-pyrrole nitrogens is 1. The third-order valence-corrected chi connectivity index (χ3v) is 5.50. The molecule has 1 amide bonds. The molecule has 0 aliphatic carbocycles. The van der Waals surface area contributed by atoms with Gasteiger partial charge in [-0.05, 0) is 62.8 Å². The smallest absolute Gasteiger partial charge is 0.262 e. The first-order valence-electron chi connectivity index (χ1n) is 9.45. The van der Waals surface area contributed by atoms with Crippen molar-refractivity contribution in [2.24, 2.45) is 0 Å². The van der Waals surface area contributed by atoms with Crippen LogP contribution in [-0.2, 0) is 6.54 Å². The molecule has 1 aromatic carbocycles. The highest BCUT2D eigenvalue weighted by atomic mass is 32.1. The lowest BCUT2D eigenvalue weighted by Gasteiger charge is -2.26. The van der Waals surface area contributed by atoms with Gasteiger partial charge in [0.2, 0.25) is 0 Å². The van der Waals surface area contributed by atoms with E-state index in [1.54, 1.807) is 24.3 Å². The lowest BCUT2D eigenvalue weighted by molar-refractivity contribution is 0.0937. The average molecular weight is 387 g/mol. The van der Waals surface area contributed by atoms with E-state index in [4.69, 9.17) is 12.2 Å². The molecule has 27 heavy (non-hydrogen) atoms. The Morgan fingerprint density at radius 2 is 2.15 bits per heavy atom. The zero-order valence-corrected chi connectivity index (χ0v) is 16.5. The number of carbonyl (C=O) groups excluding carboxylic acids is 1. The van der Waals surface area contributed by atoms with Crippen LogP contribution in [0, 0.1) is 4.77 Å². The van der Waals surface area contributed by atoms with E-state index in [-0.39, 0.29) is 11.5 Å². The van der Waals surface area contributed by atoms with Gasteiger partial charge in [-0.15, -0.1) is 6.58 Å². The minimum absolute atomic E-state index is 0.135. The zero-order valence-electron chi connectivity index (χ0n) is 15.7. The summed E-state index contributed by atoms with van der Waals surface area (Å²) in [6.45, 7) is 9.00. The van der Waals surface area contributed by atoms with Crippen LogP contribution in [0.15, 0.2) is 35.6 Å². The molecule has 1 aliphatic rings. The van der Waals surface area contributed by atoms with Crippen molar-refractivity contribution in [3.63, 3.8) is 0 Å². The number of hydrogen-bond donors (Lipinski definition) is 2. The second kappa shape index (κ2) is 8.63.